The Hall–Kier alpha value is -3.51. The number of nitrogens with zero attached hydrogens (tertiary/aromatic N) is 1. The van der Waals surface area contributed by atoms with Gasteiger partial charge in [-0.1, -0.05) is 62.7 Å². The quantitative estimate of drug-likeness (QED) is 0.205. The third-order valence-electron chi connectivity index (χ3n) is 4.91. The van der Waals surface area contributed by atoms with Gasteiger partial charge in [-0.15, -0.1) is 0 Å². The van der Waals surface area contributed by atoms with Gasteiger partial charge in [-0.05, 0) is 53.4 Å². The minimum Gasteiger partial charge on any atom is -0.493 e. The van der Waals surface area contributed by atoms with Gasteiger partial charge in [0.05, 0.1) is 19.4 Å². The molecule has 3 aromatic carbocycles. The van der Waals surface area contributed by atoms with Gasteiger partial charge in [0.2, 0.25) is 0 Å². The van der Waals surface area contributed by atoms with Crippen molar-refractivity contribution in [3.63, 3.8) is 0 Å². The number of hydrogen-bond acceptors (Lipinski definition) is 4. The zero-order chi connectivity index (χ0) is 24.4. The van der Waals surface area contributed by atoms with Gasteiger partial charge in [0, 0.05) is 22.7 Å². The Bertz CT molecular complexity index is 1090. The molecule has 3 rings (SSSR count). The van der Waals surface area contributed by atoms with Crippen molar-refractivity contribution in [2.24, 2.45) is 5.10 Å². The summed E-state index contributed by atoms with van der Waals surface area (Å²) in [5.74, 6) is 1.46. The number of halogens is 1. The van der Waals surface area contributed by atoms with Crippen molar-refractivity contribution < 1.29 is 14.3 Å². The molecule has 0 unspecified atom stereocenters. The fourth-order valence-corrected chi connectivity index (χ4v) is 3.26. The standard InChI is InChI=1S/C27H30ClN3O3/c1-27(2,3)21-10-13-24(14-11-21)33-16-7-17-34-25-15-12-22(28)18-20(25)19-29-31-26(32)30-23-8-5-4-6-9-23/h4-6,8-15,18-19H,7,16-17H2,1-3H3,(H2,30,31,32)/b29-19+. The summed E-state index contributed by atoms with van der Waals surface area (Å²) in [5, 5.41) is 7.23. The van der Waals surface area contributed by atoms with E-state index in [1.54, 1.807) is 30.3 Å². The zero-order valence-corrected chi connectivity index (χ0v) is 20.4. The average Bonchev–Trinajstić information content (AvgIpc) is 2.80. The van der Waals surface area contributed by atoms with Gasteiger partial charge in [0.1, 0.15) is 11.5 Å². The van der Waals surface area contributed by atoms with Crippen LogP contribution in [0.5, 0.6) is 11.5 Å². The minimum absolute atomic E-state index is 0.118. The maximum Gasteiger partial charge on any atom is 0.339 e. The van der Waals surface area contributed by atoms with E-state index in [-0.39, 0.29) is 5.41 Å². The number of para-hydroxylation sites is 1. The summed E-state index contributed by atoms with van der Waals surface area (Å²) < 4.78 is 11.7. The first-order valence-corrected chi connectivity index (χ1v) is 11.5. The van der Waals surface area contributed by atoms with Crippen LogP contribution in [-0.4, -0.2) is 25.5 Å². The van der Waals surface area contributed by atoms with Crippen molar-refractivity contribution in [1.82, 2.24) is 5.43 Å². The summed E-state index contributed by atoms with van der Waals surface area (Å²) in [6.07, 6.45) is 2.21. The van der Waals surface area contributed by atoms with E-state index in [0.717, 1.165) is 5.75 Å². The Labute approximate surface area is 205 Å². The second-order valence-corrected chi connectivity index (χ2v) is 9.13. The van der Waals surface area contributed by atoms with Crippen molar-refractivity contribution in [1.29, 1.82) is 0 Å². The van der Waals surface area contributed by atoms with Crippen LogP contribution in [-0.2, 0) is 5.41 Å². The molecule has 0 aromatic heterocycles. The molecule has 7 heteroatoms. The number of carbonyl (C=O) groups excluding carboxylic acids is 1. The number of anilines is 1. The van der Waals surface area contributed by atoms with Crippen LogP contribution in [0.4, 0.5) is 10.5 Å². The van der Waals surface area contributed by atoms with Gasteiger partial charge in [-0.3, -0.25) is 0 Å². The molecule has 0 fully saturated rings. The molecule has 0 bridgehead atoms. The van der Waals surface area contributed by atoms with E-state index < -0.39 is 6.03 Å². The van der Waals surface area contributed by atoms with Gasteiger partial charge in [0.25, 0.3) is 0 Å². The minimum atomic E-state index is -0.445. The normalized spacial score (nSPS) is 11.3. The van der Waals surface area contributed by atoms with Crippen molar-refractivity contribution >= 4 is 29.5 Å². The first kappa shape index (κ1) is 25.1. The number of ether oxygens (including phenoxy) is 2. The van der Waals surface area contributed by atoms with Crippen molar-refractivity contribution in [3.8, 4) is 11.5 Å². The fraction of sp³-hybridized carbons (Fsp3) is 0.259. The molecule has 6 nitrogen and oxygen atoms in total. The highest BCUT2D eigenvalue weighted by Gasteiger charge is 2.13. The molecule has 3 aromatic rings. The van der Waals surface area contributed by atoms with Crippen molar-refractivity contribution in [2.45, 2.75) is 32.6 Å². The smallest absolute Gasteiger partial charge is 0.339 e. The van der Waals surface area contributed by atoms with Crippen LogP contribution in [0.15, 0.2) is 77.9 Å². The Morgan fingerprint density at radius 3 is 2.38 bits per heavy atom. The Morgan fingerprint density at radius 2 is 1.68 bits per heavy atom. The van der Waals surface area contributed by atoms with Crippen LogP contribution in [0, 0.1) is 0 Å². The number of nitrogens with one attached hydrogen (secondary N) is 2. The van der Waals surface area contributed by atoms with Gasteiger partial charge < -0.3 is 14.8 Å². The summed E-state index contributed by atoms with van der Waals surface area (Å²) >= 11 is 6.12. The summed E-state index contributed by atoms with van der Waals surface area (Å²) in [7, 11) is 0. The second-order valence-electron chi connectivity index (χ2n) is 8.70. The highest BCUT2D eigenvalue weighted by molar-refractivity contribution is 6.30. The molecule has 0 aliphatic heterocycles. The van der Waals surface area contributed by atoms with Crippen molar-refractivity contribution in [3.05, 3.63) is 88.9 Å². The molecule has 2 N–H and O–H groups in total. The molecule has 178 valence electrons. The second kappa shape index (κ2) is 12.1. The number of rotatable bonds is 9. The first-order valence-electron chi connectivity index (χ1n) is 11.1. The van der Waals surface area contributed by atoms with Gasteiger partial charge in [0.15, 0.2) is 0 Å². The lowest BCUT2D eigenvalue weighted by atomic mass is 9.87. The Balaban J connectivity index is 1.46. The van der Waals surface area contributed by atoms with E-state index in [2.05, 4.69) is 48.7 Å². The van der Waals surface area contributed by atoms with E-state index >= 15 is 0 Å². The number of amides is 2. The summed E-state index contributed by atoms with van der Waals surface area (Å²) in [4.78, 5) is 12.0. The molecule has 0 saturated heterocycles. The number of urea groups is 1. The Morgan fingerprint density at radius 1 is 0.971 bits per heavy atom. The molecular formula is C27H30ClN3O3. The van der Waals surface area contributed by atoms with Gasteiger partial charge in [-0.2, -0.15) is 5.10 Å². The molecule has 0 atom stereocenters. The molecular weight excluding hydrogens is 450 g/mol. The number of carbonyl (C=O) groups is 1. The van der Waals surface area contributed by atoms with Crippen LogP contribution in [0.25, 0.3) is 0 Å². The van der Waals surface area contributed by atoms with E-state index in [9.17, 15) is 4.79 Å². The predicted molar refractivity (Wildman–Crippen MR) is 138 cm³/mol. The number of hydrogen-bond donors (Lipinski definition) is 2. The first-order chi connectivity index (χ1) is 16.3. The molecule has 0 aliphatic rings. The topological polar surface area (TPSA) is 72.0 Å². The van der Waals surface area contributed by atoms with Crippen LogP contribution >= 0.6 is 11.6 Å². The lowest BCUT2D eigenvalue weighted by Crippen LogP contribution is -2.24. The summed E-state index contributed by atoms with van der Waals surface area (Å²) in [6.45, 7) is 7.56. The summed E-state index contributed by atoms with van der Waals surface area (Å²) in [5.41, 5.74) is 5.16. The van der Waals surface area contributed by atoms with Crippen molar-refractivity contribution in [2.75, 3.05) is 18.5 Å². The average molecular weight is 480 g/mol. The monoisotopic (exact) mass is 479 g/mol. The lowest BCUT2D eigenvalue weighted by Gasteiger charge is -2.19. The Kier molecular flexibility index (Phi) is 8.93. The van der Waals surface area contributed by atoms with Gasteiger partial charge in [-0.25, -0.2) is 10.2 Å². The molecule has 0 saturated carbocycles. The third-order valence-corrected chi connectivity index (χ3v) is 5.14. The largest absolute Gasteiger partial charge is 0.493 e. The van der Waals surface area contributed by atoms with Crippen LogP contribution in [0.3, 0.4) is 0 Å². The molecule has 0 aliphatic carbocycles. The molecule has 0 heterocycles. The van der Waals surface area contributed by atoms with Crippen LogP contribution < -0.4 is 20.2 Å². The highest BCUT2D eigenvalue weighted by Crippen LogP contribution is 2.24. The third kappa shape index (κ3) is 8.12. The maximum absolute atomic E-state index is 12.0. The molecule has 0 spiro atoms. The highest BCUT2D eigenvalue weighted by atomic mass is 35.5. The maximum atomic E-state index is 12.0. The van der Waals surface area contributed by atoms with E-state index in [0.29, 0.717) is 41.7 Å². The molecule has 34 heavy (non-hydrogen) atoms. The predicted octanol–water partition coefficient (Wildman–Crippen LogP) is 6.64. The summed E-state index contributed by atoms with van der Waals surface area (Å²) in [6, 6.07) is 22.1. The zero-order valence-electron chi connectivity index (χ0n) is 19.7. The number of hydrazone groups is 1. The SMILES string of the molecule is CC(C)(C)c1ccc(OCCCOc2ccc(Cl)cc2/C=N/NC(=O)Nc2ccccc2)cc1. The van der Waals surface area contributed by atoms with Gasteiger partial charge >= 0.3 is 6.03 Å². The van der Waals surface area contributed by atoms with E-state index in [1.807, 2.05) is 30.3 Å². The fourth-order valence-electron chi connectivity index (χ4n) is 3.07. The number of benzene rings is 3. The van der Waals surface area contributed by atoms with E-state index in [1.165, 1.54) is 11.8 Å². The van der Waals surface area contributed by atoms with Crippen LogP contribution in [0.1, 0.15) is 38.3 Å². The van der Waals surface area contributed by atoms with Crippen LogP contribution in [0.2, 0.25) is 5.02 Å². The van der Waals surface area contributed by atoms with E-state index in [4.69, 9.17) is 21.1 Å². The lowest BCUT2D eigenvalue weighted by molar-refractivity contribution is 0.247. The molecule has 2 amide bonds. The molecule has 0 radical (unpaired) electrons.